The van der Waals surface area contributed by atoms with E-state index >= 15 is 0 Å². The van der Waals surface area contributed by atoms with Crippen LogP contribution in [0.5, 0.6) is 0 Å². The van der Waals surface area contributed by atoms with Gasteiger partial charge in [0.25, 0.3) is 5.95 Å². The molecule has 0 atom stereocenters. The fourth-order valence-electron chi connectivity index (χ4n) is 4.06. The third-order valence-electron chi connectivity index (χ3n) is 6.32. The van der Waals surface area contributed by atoms with Crippen molar-refractivity contribution in [3.63, 3.8) is 0 Å². The lowest BCUT2D eigenvalue weighted by Gasteiger charge is -2.24. The normalized spacial score (nSPS) is 14.6. The van der Waals surface area contributed by atoms with E-state index in [4.69, 9.17) is 4.74 Å². The summed E-state index contributed by atoms with van der Waals surface area (Å²) in [6.07, 6.45) is -11.8. The molecule has 0 spiro atoms. The molecule has 3 aromatic rings. The third kappa shape index (κ3) is 7.86. The van der Waals surface area contributed by atoms with Crippen LogP contribution < -0.4 is 4.90 Å². The Morgan fingerprint density at radius 2 is 1.45 bits per heavy atom. The van der Waals surface area contributed by atoms with Gasteiger partial charge in [-0.25, -0.2) is 0 Å². The molecular formula is C25H24F9N5O. The largest absolute Gasteiger partial charge is 0.416 e. The Hall–Kier alpha value is -3.36. The monoisotopic (exact) mass is 581 g/mol. The van der Waals surface area contributed by atoms with Crippen molar-refractivity contribution in [2.24, 2.45) is 13.0 Å². The Morgan fingerprint density at radius 3 is 1.98 bits per heavy atom. The first-order valence-electron chi connectivity index (χ1n) is 12.1. The zero-order chi connectivity index (χ0) is 29.3. The molecule has 40 heavy (non-hydrogen) atoms. The van der Waals surface area contributed by atoms with E-state index in [1.54, 1.807) is 0 Å². The molecule has 1 aliphatic rings. The predicted molar refractivity (Wildman–Crippen MR) is 124 cm³/mol. The van der Waals surface area contributed by atoms with Crippen LogP contribution in [0.25, 0.3) is 0 Å². The van der Waals surface area contributed by atoms with Crippen molar-refractivity contribution in [3.05, 3.63) is 69.8 Å². The van der Waals surface area contributed by atoms with E-state index in [1.807, 2.05) is 0 Å². The molecule has 0 radical (unpaired) electrons. The van der Waals surface area contributed by atoms with Crippen LogP contribution in [0, 0.1) is 5.92 Å². The van der Waals surface area contributed by atoms with Gasteiger partial charge in [-0.1, -0.05) is 24.0 Å². The van der Waals surface area contributed by atoms with Crippen molar-refractivity contribution >= 4 is 5.95 Å². The summed E-state index contributed by atoms with van der Waals surface area (Å²) in [5.41, 5.74) is -3.95. The minimum absolute atomic E-state index is 0.00169. The summed E-state index contributed by atoms with van der Waals surface area (Å²) in [5.74, 6) is 0.367. The zero-order valence-corrected chi connectivity index (χ0v) is 21.0. The lowest BCUT2D eigenvalue weighted by atomic mass is 10.0. The molecule has 1 aliphatic carbocycles. The van der Waals surface area contributed by atoms with Crippen LogP contribution in [-0.4, -0.2) is 26.8 Å². The number of tetrazole rings is 1. The Bertz CT molecular complexity index is 1280. The predicted octanol–water partition coefficient (Wildman–Crippen LogP) is 6.79. The number of ether oxygens (including phenoxy) is 1. The molecule has 15 heteroatoms. The number of nitrogens with zero attached hydrogens (tertiary/aromatic N) is 5. The maximum absolute atomic E-state index is 13.5. The molecule has 0 saturated heterocycles. The van der Waals surface area contributed by atoms with E-state index in [0.29, 0.717) is 30.2 Å². The molecule has 1 fully saturated rings. The maximum atomic E-state index is 13.5. The summed E-state index contributed by atoms with van der Waals surface area (Å²) in [5, 5.41) is 11.4. The molecule has 1 saturated carbocycles. The summed E-state index contributed by atoms with van der Waals surface area (Å²) < 4.78 is 127. The summed E-state index contributed by atoms with van der Waals surface area (Å²) >= 11 is 0. The van der Waals surface area contributed by atoms with Crippen LogP contribution in [-0.2, 0) is 50.0 Å². The Balaban J connectivity index is 1.69. The molecule has 0 unspecified atom stereocenters. The fourth-order valence-corrected chi connectivity index (χ4v) is 4.06. The SMILES string of the molecule is Cn1nnc(N(Cc2cc(C(F)(F)F)cc(C(F)(F)F)c2)Cc2cc(C(F)(F)F)ccc2COCCC2CC2)n1. The summed E-state index contributed by atoms with van der Waals surface area (Å²) in [6, 6.07) is 4.09. The maximum Gasteiger partial charge on any atom is 0.416 e. The standard InChI is InChI=1S/C25H24F9N5O/c1-38-36-22(35-37-38)39(12-16-8-20(24(29,30)31)11-21(9-16)25(32,33)34)13-18-10-19(23(26,27)28)5-4-17(18)14-40-7-6-15-2-3-15/h4-5,8-11,15H,2-3,6-7,12-14H2,1H3. The second-order valence-corrected chi connectivity index (χ2v) is 9.61. The Labute approximate surface area is 222 Å². The number of rotatable bonds is 10. The molecule has 0 aliphatic heterocycles. The first-order valence-corrected chi connectivity index (χ1v) is 12.1. The first kappa shape index (κ1) is 29.6. The van der Waals surface area contributed by atoms with E-state index in [2.05, 4.69) is 15.4 Å². The molecule has 1 heterocycles. The van der Waals surface area contributed by atoms with Crippen molar-refractivity contribution in [3.8, 4) is 0 Å². The molecule has 0 amide bonds. The van der Waals surface area contributed by atoms with E-state index < -0.39 is 47.3 Å². The number of aryl methyl sites for hydroxylation is 1. The fraction of sp³-hybridized carbons (Fsp3) is 0.480. The lowest BCUT2D eigenvalue weighted by molar-refractivity contribution is -0.143. The highest BCUT2D eigenvalue weighted by Crippen LogP contribution is 2.37. The van der Waals surface area contributed by atoms with Gasteiger partial charge < -0.3 is 9.64 Å². The van der Waals surface area contributed by atoms with Crippen molar-refractivity contribution in [2.75, 3.05) is 11.5 Å². The summed E-state index contributed by atoms with van der Waals surface area (Å²) in [7, 11) is 1.38. The van der Waals surface area contributed by atoms with Crippen LogP contribution in [0.2, 0.25) is 0 Å². The van der Waals surface area contributed by atoms with Crippen molar-refractivity contribution in [1.82, 2.24) is 20.2 Å². The minimum atomic E-state index is -5.07. The van der Waals surface area contributed by atoms with Gasteiger partial charge >= 0.3 is 18.5 Å². The molecule has 0 bridgehead atoms. The molecule has 2 aromatic carbocycles. The number of anilines is 1. The Morgan fingerprint density at radius 1 is 0.825 bits per heavy atom. The number of aromatic nitrogens is 4. The molecule has 0 N–H and O–H groups in total. The summed E-state index contributed by atoms with van der Waals surface area (Å²) in [4.78, 5) is 2.16. The highest BCUT2D eigenvalue weighted by atomic mass is 19.4. The lowest BCUT2D eigenvalue weighted by Crippen LogP contribution is -2.25. The van der Waals surface area contributed by atoms with Crippen LogP contribution in [0.4, 0.5) is 45.5 Å². The highest BCUT2D eigenvalue weighted by molar-refractivity contribution is 5.41. The van der Waals surface area contributed by atoms with Crippen LogP contribution in [0.3, 0.4) is 0 Å². The molecular weight excluding hydrogens is 557 g/mol. The van der Waals surface area contributed by atoms with Gasteiger partial charge in [0, 0.05) is 19.7 Å². The Kier molecular flexibility index (Phi) is 8.33. The van der Waals surface area contributed by atoms with Crippen molar-refractivity contribution in [2.45, 2.75) is 57.5 Å². The minimum Gasteiger partial charge on any atom is -0.377 e. The number of benzene rings is 2. The van der Waals surface area contributed by atoms with Gasteiger partial charge in [-0.3, -0.25) is 0 Å². The van der Waals surface area contributed by atoms with Crippen LogP contribution in [0.1, 0.15) is 52.6 Å². The number of halogens is 9. The van der Waals surface area contributed by atoms with E-state index in [1.165, 1.54) is 13.1 Å². The smallest absolute Gasteiger partial charge is 0.377 e. The van der Waals surface area contributed by atoms with Gasteiger partial charge in [0.15, 0.2) is 0 Å². The number of alkyl halides is 9. The number of hydrogen-bond donors (Lipinski definition) is 0. The average Bonchev–Trinajstić information content (AvgIpc) is 3.57. The van der Waals surface area contributed by atoms with Crippen LogP contribution in [0.15, 0.2) is 36.4 Å². The quantitative estimate of drug-likeness (QED) is 0.195. The highest BCUT2D eigenvalue weighted by Gasteiger charge is 2.37. The van der Waals surface area contributed by atoms with Crippen LogP contribution >= 0.6 is 0 Å². The van der Waals surface area contributed by atoms with Gasteiger partial charge in [-0.05, 0) is 64.6 Å². The zero-order valence-electron chi connectivity index (χ0n) is 21.0. The van der Waals surface area contributed by atoms with Gasteiger partial charge in [-0.2, -0.15) is 44.3 Å². The summed E-state index contributed by atoms with van der Waals surface area (Å²) in [6.45, 7) is -0.611. The van der Waals surface area contributed by atoms with E-state index in [-0.39, 0.29) is 30.7 Å². The van der Waals surface area contributed by atoms with Gasteiger partial charge in [0.1, 0.15) is 0 Å². The average molecular weight is 581 g/mol. The van der Waals surface area contributed by atoms with Crippen molar-refractivity contribution in [1.29, 1.82) is 0 Å². The topological polar surface area (TPSA) is 56.1 Å². The molecule has 4 rings (SSSR count). The van der Waals surface area contributed by atoms with E-state index in [9.17, 15) is 39.5 Å². The van der Waals surface area contributed by atoms with Crippen molar-refractivity contribution < 1.29 is 44.3 Å². The van der Waals surface area contributed by atoms with Gasteiger partial charge in [-0.15, -0.1) is 5.10 Å². The second-order valence-electron chi connectivity index (χ2n) is 9.61. The molecule has 218 valence electrons. The van der Waals surface area contributed by atoms with Gasteiger partial charge in [0.05, 0.1) is 30.3 Å². The van der Waals surface area contributed by atoms with Gasteiger partial charge in [0.2, 0.25) is 0 Å². The number of hydrogen-bond acceptors (Lipinski definition) is 5. The third-order valence-corrected chi connectivity index (χ3v) is 6.32. The molecule has 6 nitrogen and oxygen atoms in total. The van der Waals surface area contributed by atoms with E-state index in [0.717, 1.165) is 41.1 Å². The first-order chi connectivity index (χ1) is 18.6. The molecule has 1 aromatic heterocycles. The second kappa shape index (κ2) is 11.3.